The number of carbonyl (C=O) groups is 2. The quantitative estimate of drug-likeness (QED) is 0.652. The van der Waals surface area contributed by atoms with Crippen LogP contribution in [0.3, 0.4) is 0 Å². The molecule has 27 heavy (non-hydrogen) atoms. The van der Waals surface area contributed by atoms with Crippen molar-refractivity contribution in [1.82, 2.24) is 4.90 Å². The van der Waals surface area contributed by atoms with Gasteiger partial charge in [0.15, 0.2) is 0 Å². The number of hydrogen-bond acceptors (Lipinski definition) is 3. The molecule has 0 bridgehead atoms. The van der Waals surface area contributed by atoms with E-state index in [0.29, 0.717) is 35.7 Å². The maximum Gasteiger partial charge on any atom is 0.139 e. The number of nitrogens with zero attached hydrogens (tertiary/aromatic N) is 1. The van der Waals surface area contributed by atoms with E-state index in [9.17, 15) is 9.59 Å². The van der Waals surface area contributed by atoms with Crippen molar-refractivity contribution in [1.29, 1.82) is 0 Å². The lowest BCUT2D eigenvalue weighted by Gasteiger charge is -2.57. The highest BCUT2D eigenvalue weighted by Gasteiger charge is 2.59. The highest BCUT2D eigenvalue weighted by molar-refractivity contribution is 5.87. The fourth-order valence-corrected chi connectivity index (χ4v) is 7.42. The normalized spacial score (nSPS) is 41.2. The van der Waals surface area contributed by atoms with E-state index in [1.165, 1.54) is 18.4 Å². The molecule has 4 aliphatic carbocycles. The molecule has 4 rings (SSSR count). The van der Waals surface area contributed by atoms with Crippen molar-refractivity contribution in [2.45, 2.75) is 78.6 Å². The molecule has 4 aliphatic rings. The van der Waals surface area contributed by atoms with Crippen molar-refractivity contribution in [3.05, 3.63) is 11.6 Å². The third-order valence-corrected chi connectivity index (χ3v) is 9.14. The van der Waals surface area contributed by atoms with Gasteiger partial charge in [0.2, 0.25) is 0 Å². The molecule has 0 heterocycles. The summed E-state index contributed by atoms with van der Waals surface area (Å²) in [5, 5.41) is 0. The van der Waals surface area contributed by atoms with Crippen LogP contribution in [-0.2, 0) is 9.59 Å². The average Bonchev–Trinajstić information content (AvgIpc) is 2.98. The van der Waals surface area contributed by atoms with Gasteiger partial charge in [0.25, 0.3) is 0 Å². The first-order valence-electron chi connectivity index (χ1n) is 11.4. The minimum Gasteiger partial charge on any atom is -0.304 e. The topological polar surface area (TPSA) is 37.4 Å². The number of Topliss-reactive ketones (excluding diaryl/α,β-unsaturated/α-hetero) is 2. The Balaban J connectivity index is 1.66. The third kappa shape index (κ3) is 2.96. The number of carbonyl (C=O) groups excluding carboxylic acids is 2. The molecule has 0 amide bonds. The summed E-state index contributed by atoms with van der Waals surface area (Å²) in [6, 6.07) is 0. The standard InChI is InChI=1S/C24H37NO2/c1-4-25(5-2)15-14-24-13-10-18(26)16-17(24)6-7-19-20-8-9-22(27)23(20,3)12-11-21(19)24/h6,19-21H,4-5,7-16H2,1-3H3/t19-,20-,21-,23-,24+/m0/s1. The molecular weight excluding hydrogens is 334 g/mol. The third-order valence-electron chi connectivity index (χ3n) is 9.14. The lowest BCUT2D eigenvalue weighted by Crippen LogP contribution is -2.52. The molecule has 5 atom stereocenters. The first kappa shape index (κ1) is 19.4. The Bertz CT molecular complexity index is 649. The second-order valence-electron chi connectivity index (χ2n) is 9.91. The van der Waals surface area contributed by atoms with Crippen molar-refractivity contribution in [2.24, 2.45) is 28.6 Å². The average molecular weight is 372 g/mol. The molecule has 150 valence electrons. The molecule has 3 nitrogen and oxygen atoms in total. The zero-order valence-corrected chi connectivity index (χ0v) is 17.6. The summed E-state index contributed by atoms with van der Waals surface area (Å²) in [5.74, 6) is 2.88. The van der Waals surface area contributed by atoms with Crippen LogP contribution in [0.15, 0.2) is 11.6 Å². The minimum atomic E-state index is -0.0585. The molecule has 0 aromatic heterocycles. The molecule has 0 aliphatic heterocycles. The Labute approximate surface area is 165 Å². The number of ketones is 2. The molecule has 3 saturated carbocycles. The maximum absolute atomic E-state index is 12.6. The van der Waals surface area contributed by atoms with Crippen LogP contribution < -0.4 is 0 Å². The Kier molecular flexibility index (Phi) is 5.12. The van der Waals surface area contributed by atoms with E-state index in [1.807, 2.05) is 0 Å². The van der Waals surface area contributed by atoms with Crippen molar-refractivity contribution >= 4 is 11.6 Å². The SMILES string of the molecule is CCN(CC)CC[C@]12CCC(=O)CC1=CC[C@@H]1[C@@H]2CC[C@]2(C)C(=O)CC[C@@H]12. The summed E-state index contributed by atoms with van der Waals surface area (Å²) in [6.07, 6.45) is 11.4. The van der Waals surface area contributed by atoms with E-state index in [0.717, 1.165) is 58.2 Å². The molecular formula is C24H37NO2. The predicted octanol–water partition coefficient (Wildman–Crippen LogP) is 4.80. The van der Waals surface area contributed by atoms with Crippen LogP contribution in [0, 0.1) is 28.6 Å². The van der Waals surface area contributed by atoms with Gasteiger partial charge in [-0.15, -0.1) is 0 Å². The largest absolute Gasteiger partial charge is 0.304 e. The molecule has 0 N–H and O–H groups in total. The van der Waals surface area contributed by atoms with Crippen LogP contribution in [0.2, 0.25) is 0 Å². The Morgan fingerprint density at radius 2 is 1.85 bits per heavy atom. The predicted molar refractivity (Wildman–Crippen MR) is 108 cm³/mol. The number of rotatable bonds is 5. The zero-order valence-electron chi connectivity index (χ0n) is 17.6. The Morgan fingerprint density at radius 1 is 1.07 bits per heavy atom. The number of hydrogen-bond donors (Lipinski definition) is 0. The second kappa shape index (κ2) is 7.13. The first-order valence-corrected chi connectivity index (χ1v) is 11.4. The van der Waals surface area contributed by atoms with Crippen molar-refractivity contribution < 1.29 is 9.59 Å². The molecule has 0 aromatic carbocycles. The maximum atomic E-state index is 12.6. The summed E-state index contributed by atoms with van der Waals surface area (Å²) in [5.41, 5.74) is 1.64. The van der Waals surface area contributed by atoms with Gasteiger partial charge in [0, 0.05) is 24.7 Å². The van der Waals surface area contributed by atoms with Gasteiger partial charge in [-0.25, -0.2) is 0 Å². The Morgan fingerprint density at radius 3 is 2.59 bits per heavy atom. The van der Waals surface area contributed by atoms with E-state index in [-0.39, 0.29) is 10.8 Å². The van der Waals surface area contributed by atoms with E-state index in [4.69, 9.17) is 0 Å². The van der Waals surface area contributed by atoms with Gasteiger partial charge in [-0.3, -0.25) is 9.59 Å². The molecule has 0 spiro atoms. The fourth-order valence-electron chi connectivity index (χ4n) is 7.42. The number of fused-ring (bicyclic) bond motifs is 5. The summed E-state index contributed by atoms with van der Waals surface area (Å²) in [7, 11) is 0. The second-order valence-corrected chi connectivity index (χ2v) is 9.91. The molecule has 0 unspecified atom stereocenters. The van der Waals surface area contributed by atoms with E-state index in [2.05, 4.69) is 31.7 Å². The van der Waals surface area contributed by atoms with Gasteiger partial charge in [0.1, 0.15) is 11.6 Å². The number of allylic oxidation sites excluding steroid dienone is 2. The van der Waals surface area contributed by atoms with Crippen LogP contribution >= 0.6 is 0 Å². The van der Waals surface area contributed by atoms with Crippen LogP contribution in [0.1, 0.15) is 78.6 Å². The van der Waals surface area contributed by atoms with E-state index in [1.54, 1.807) is 0 Å². The molecule has 0 saturated heterocycles. The lowest BCUT2D eigenvalue weighted by atomic mass is 9.47. The molecule has 3 heteroatoms. The van der Waals surface area contributed by atoms with Gasteiger partial charge >= 0.3 is 0 Å². The van der Waals surface area contributed by atoms with Crippen LogP contribution in [0.5, 0.6) is 0 Å². The molecule has 3 fully saturated rings. The zero-order chi connectivity index (χ0) is 19.2. The van der Waals surface area contributed by atoms with E-state index < -0.39 is 0 Å². The van der Waals surface area contributed by atoms with Crippen LogP contribution in [0.25, 0.3) is 0 Å². The molecule has 0 radical (unpaired) electrons. The monoisotopic (exact) mass is 371 g/mol. The summed E-state index contributed by atoms with van der Waals surface area (Å²) in [4.78, 5) is 27.4. The van der Waals surface area contributed by atoms with Gasteiger partial charge in [-0.05, 0) is 81.3 Å². The van der Waals surface area contributed by atoms with Gasteiger partial charge in [0.05, 0.1) is 0 Å². The first-order chi connectivity index (χ1) is 12.9. The van der Waals surface area contributed by atoms with Gasteiger partial charge in [-0.2, -0.15) is 0 Å². The lowest BCUT2D eigenvalue weighted by molar-refractivity contribution is -0.132. The molecule has 0 aromatic rings. The summed E-state index contributed by atoms with van der Waals surface area (Å²) < 4.78 is 0. The van der Waals surface area contributed by atoms with Gasteiger partial charge < -0.3 is 4.90 Å². The fraction of sp³-hybridized carbons (Fsp3) is 0.833. The summed E-state index contributed by atoms with van der Waals surface area (Å²) >= 11 is 0. The highest BCUT2D eigenvalue weighted by atomic mass is 16.1. The minimum absolute atomic E-state index is 0.0585. The summed E-state index contributed by atoms with van der Waals surface area (Å²) in [6.45, 7) is 10.1. The van der Waals surface area contributed by atoms with Crippen molar-refractivity contribution in [3.8, 4) is 0 Å². The van der Waals surface area contributed by atoms with Crippen molar-refractivity contribution in [3.63, 3.8) is 0 Å². The van der Waals surface area contributed by atoms with Crippen LogP contribution in [-0.4, -0.2) is 36.1 Å². The van der Waals surface area contributed by atoms with E-state index >= 15 is 0 Å². The van der Waals surface area contributed by atoms with Crippen molar-refractivity contribution in [2.75, 3.05) is 19.6 Å². The highest BCUT2D eigenvalue weighted by Crippen LogP contribution is 2.64. The smallest absolute Gasteiger partial charge is 0.139 e. The van der Waals surface area contributed by atoms with Crippen LogP contribution in [0.4, 0.5) is 0 Å². The van der Waals surface area contributed by atoms with Gasteiger partial charge in [-0.1, -0.05) is 32.4 Å². The Hall–Kier alpha value is -0.960.